The summed E-state index contributed by atoms with van der Waals surface area (Å²) in [7, 11) is 1.34. The van der Waals surface area contributed by atoms with Crippen LogP contribution in [0, 0.1) is 5.92 Å². The Balaban J connectivity index is 1.56. The number of benzene rings is 2. The first-order valence-electron chi connectivity index (χ1n) is 14.8. The highest BCUT2D eigenvalue weighted by Crippen LogP contribution is 2.56. The van der Waals surface area contributed by atoms with Gasteiger partial charge < -0.3 is 19.3 Å². The van der Waals surface area contributed by atoms with Crippen LogP contribution >= 0.6 is 35.0 Å². The summed E-state index contributed by atoms with van der Waals surface area (Å²) in [5.74, 6) is -0.381. The molecule has 2 aromatic carbocycles. The Kier molecular flexibility index (Phi) is 9.52. The molecule has 3 heterocycles. The Labute approximate surface area is 268 Å². The molecule has 0 bridgehead atoms. The van der Waals surface area contributed by atoms with E-state index in [4.69, 9.17) is 37.7 Å². The maximum Gasteiger partial charge on any atom is 0.331 e. The Morgan fingerprint density at radius 1 is 1.05 bits per heavy atom. The quantitative estimate of drug-likeness (QED) is 0.262. The van der Waals surface area contributed by atoms with Crippen LogP contribution < -0.4 is 0 Å². The Hall–Kier alpha value is -2.52. The smallest absolute Gasteiger partial charge is 0.331 e. The number of thioether (sulfide) groups is 1. The lowest BCUT2D eigenvalue weighted by atomic mass is 9.81. The predicted octanol–water partition coefficient (Wildman–Crippen LogP) is 7.58. The molecule has 1 unspecified atom stereocenters. The average Bonchev–Trinajstić information content (AvgIpc) is 3.66. The second-order valence-corrected chi connectivity index (χ2v) is 13.7. The number of carbonyl (C=O) groups is 2. The van der Waals surface area contributed by atoms with Crippen molar-refractivity contribution in [2.24, 2.45) is 10.9 Å². The molecule has 5 atom stereocenters. The normalized spacial score (nSPS) is 25.8. The maximum atomic E-state index is 14.6. The molecule has 0 saturated carbocycles. The van der Waals surface area contributed by atoms with E-state index < -0.39 is 11.5 Å². The van der Waals surface area contributed by atoms with E-state index in [0.29, 0.717) is 15.0 Å². The van der Waals surface area contributed by atoms with Gasteiger partial charge in [0, 0.05) is 21.8 Å². The summed E-state index contributed by atoms with van der Waals surface area (Å²) in [6, 6.07) is 15.5. The first kappa shape index (κ1) is 31.9. The van der Waals surface area contributed by atoms with Crippen molar-refractivity contribution in [2.75, 3.05) is 13.7 Å². The minimum Gasteiger partial charge on any atom is -0.467 e. The second-order valence-electron chi connectivity index (χ2n) is 11.9. The number of likely N-dealkylation sites (tertiary alicyclic amines) is 1. The van der Waals surface area contributed by atoms with Crippen LogP contribution in [0.1, 0.15) is 71.0 Å². The van der Waals surface area contributed by atoms with Crippen molar-refractivity contribution in [3.8, 4) is 0 Å². The van der Waals surface area contributed by atoms with Crippen LogP contribution in [-0.2, 0) is 24.6 Å². The number of fused-ring (bicyclic) bond motifs is 1. The van der Waals surface area contributed by atoms with Crippen molar-refractivity contribution in [1.29, 1.82) is 0 Å². The largest absolute Gasteiger partial charge is 0.467 e. The molecular formula is C33H39Cl2N3O4S. The summed E-state index contributed by atoms with van der Waals surface area (Å²) in [6.45, 7) is 10.3. The fourth-order valence-electron chi connectivity index (χ4n) is 6.64. The zero-order chi connectivity index (χ0) is 31.1. The molecule has 5 rings (SSSR count). The van der Waals surface area contributed by atoms with E-state index in [2.05, 4.69) is 32.6 Å². The van der Waals surface area contributed by atoms with Gasteiger partial charge in [-0.3, -0.25) is 4.79 Å². The molecule has 7 nitrogen and oxygen atoms in total. The van der Waals surface area contributed by atoms with Gasteiger partial charge in [0.25, 0.3) is 5.91 Å². The standard InChI is InChI=1S/C33H39Cl2N3O4S/c1-7-25-16-17-26(20(4)42-18-27(39)41-6)37(25)31(40)29-28(19(2)3)38-30(21-8-12-23(34)13-9-21)33(5,36-32(38)43-29)22-10-14-24(35)15-11-22/h8-15,19-20,25-26,30H,7,16-18H2,1-6H3/t20?,25-,26+,30-,33+/m1/s1. The Morgan fingerprint density at radius 3 is 2.26 bits per heavy atom. The summed E-state index contributed by atoms with van der Waals surface area (Å²) in [5, 5.41) is 2.14. The van der Waals surface area contributed by atoms with E-state index in [-0.39, 0.29) is 42.7 Å². The maximum absolute atomic E-state index is 14.6. The van der Waals surface area contributed by atoms with Gasteiger partial charge in [0.2, 0.25) is 0 Å². The lowest BCUT2D eigenvalue weighted by Crippen LogP contribution is -2.47. The second kappa shape index (κ2) is 12.8. The summed E-state index contributed by atoms with van der Waals surface area (Å²) >= 11 is 14.0. The first-order chi connectivity index (χ1) is 20.5. The number of allylic oxidation sites excluding steroid dienone is 1. The fraction of sp³-hybridized carbons (Fsp3) is 0.485. The van der Waals surface area contributed by atoms with Gasteiger partial charge in [-0.25, -0.2) is 9.79 Å². The van der Waals surface area contributed by atoms with Crippen LogP contribution in [0.25, 0.3) is 0 Å². The number of amidine groups is 1. The number of amides is 1. The van der Waals surface area contributed by atoms with Crippen LogP contribution in [-0.4, -0.2) is 58.7 Å². The topological polar surface area (TPSA) is 71.4 Å². The van der Waals surface area contributed by atoms with Gasteiger partial charge in [-0.15, -0.1) is 0 Å². The van der Waals surface area contributed by atoms with Crippen molar-refractivity contribution in [2.45, 2.75) is 83.6 Å². The zero-order valence-electron chi connectivity index (χ0n) is 25.5. The molecular weight excluding hydrogens is 605 g/mol. The zero-order valence-corrected chi connectivity index (χ0v) is 27.8. The molecule has 2 aromatic rings. The van der Waals surface area contributed by atoms with Crippen molar-refractivity contribution in [3.05, 3.63) is 80.3 Å². The van der Waals surface area contributed by atoms with Gasteiger partial charge in [0.15, 0.2) is 5.17 Å². The third-order valence-corrected chi connectivity index (χ3v) is 10.4. The molecule has 43 heavy (non-hydrogen) atoms. The highest BCUT2D eigenvalue weighted by atomic mass is 35.5. The van der Waals surface area contributed by atoms with Gasteiger partial charge in [-0.1, -0.05) is 68.2 Å². The van der Waals surface area contributed by atoms with E-state index in [1.807, 2.05) is 60.4 Å². The third kappa shape index (κ3) is 5.96. The van der Waals surface area contributed by atoms with E-state index in [9.17, 15) is 9.59 Å². The summed E-state index contributed by atoms with van der Waals surface area (Å²) < 4.78 is 10.7. The Morgan fingerprint density at radius 2 is 1.67 bits per heavy atom. The van der Waals surface area contributed by atoms with Gasteiger partial charge >= 0.3 is 5.97 Å². The number of hydrogen-bond acceptors (Lipinski definition) is 7. The van der Waals surface area contributed by atoms with Crippen LogP contribution in [0.4, 0.5) is 0 Å². The molecule has 10 heteroatoms. The van der Waals surface area contributed by atoms with Gasteiger partial charge in [0.05, 0.1) is 25.3 Å². The number of nitrogens with zero attached hydrogens (tertiary/aromatic N) is 3. The van der Waals surface area contributed by atoms with Gasteiger partial charge in [0.1, 0.15) is 17.1 Å². The fourth-order valence-corrected chi connectivity index (χ4v) is 8.24. The van der Waals surface area contributed by atoms with Crippen LogP contribution in [0.5, 0.6) is 0 Å². The number of esters is 1. The highest BCUT2D eigenvalue weighted by Gasteiger charge is 2.54. The summed E-state index contributed by atoms with van der Waals surface area (Å²) in [4.78, 5) is 36.7. The molecule has 0 radical (unpaired) electrons. The average molecular weight is 645 g/mol. The van der Waals surface area contributed by atoms with Crippen LogP contribution in [0.15, 0.2) is 64.1 Å². The van der Waals surface area contributed by atoms with Crippen LogP contribution in [0.2, 0.25) is 10.0 Å². The highest BCUT2D eigenvalue weighted by molar-refractivity contribution is 8.18. The first-order valence-corrected chi connectivity index (χ1v) is 16.4. The third-order valence-electron chi connectivity index (χ3n) is 8.85. The van der Waals surface area contributed by atoms with Crippen molar-refractivity contribution in [3.63, 3.8) is 0 Å². The van der Waals surface area contributed by atoms with E-state index in [1.165, 1.54) is 18.9 Å². The molecule has 230 valence electrons. The lowest BCUT2D eigenvalue weighted by Gasteiger charge is -2.37. The molecule has 3 aliphatic rings. The Bertz CT molecular complexity index is 1430. The number of rotatable bonds is 9. The predicted molar refractivity (Wildman–Crippen MR) is 173 cm³/mol. The molecule has 1 saturated heterocycles. The van der Waals surface area contributed by atoms with Gasteiger partial charge in [-0.05, 0) is 86.2 Å². The molecule has 3 aliphatic heterocycles. The summed E-state index contributed by atoms with van der Waals surface area (Å²) in [5.41, 5.74) is 2.43. The SMILES string of the molecule is CC[C@@H]1CC[C@@H](C(C)OCC(=O)OC)N1C(=O)C1=C(C(C)C)N2C(=N[C@@](C)(c3ccc(Cl)cc3)[C@H]2c2ccc(Cl)cc2)S1. The number of hydrogen-bond donors (Lipinski definition) is 0. The van der Waals surface area contributed by atoms with Crippen molar-refractivity contribution in [1.82, 2.24) is 9.80 Å². The van der Waals surface area contributed by atoms with Gasteiger partial charge in [-0.2, -0.15) is 0 Å². The minimum atomic E-state index is -0.631. The van der Waals surface area contributed by atoms with Crippen molar-refractivity contribution >= 4 is 52.0 Å². The van der Waals surface area contributed by atoms with E-state index in [0.717, 1.165) is 41.3 Å². The minimum absolute atomic E-state index is 0.00304. The number of aliphatic imine (C=N–C) groups is 1. The van der Waals surface area contributed by atoms with E-state index >= 15 is 0 Å². The molecule has 1 fully saturated rings. The molecule has 1 amide bonds. The number of ether oxygens (including phenoxy) is 2. The van der Waals surface area contributed by atoms with E-state index in [1.54, 1.807) is 0 Å². The number of methoxy groups -OCH3 is 1. The van der Waals surface area contributed by atoms with Crippen molar-refractivity contribution < 1.29 is 19.1 Å². The number of carbonyl (C=O) groups excluding carboxylic acids is 2. The molecule has 0 aliphatic carbocycles. The number of halogens is 2. The monoisotopic (exact) mass is 643 g/mol. The molecule has 0 N–H and O–H groups in total. The molecule has 0 aromatic heterocycles. The lowest BCUT2D eigenvalue weighted by molar-refractivity contribution is -0.149. The summed E-state index contributed by atoms with van der Waals surface area (Å²) in [6.07, 6.45) is 2.23. The van der Waals surface area contributed by atoms with Crippen LogP contribution in [0.3, 0.4) is 0 Å². The molecule has 0 spiro atoms.